The molecule has 0 radical (unpaired) electrons. The summed E-state index contributed by atoms with van der Waals surface area (Å²) in [6, 6.07) is 0. The van der Waals surface area contributed by atoms with Gasteiger partial charge in [-0.05, 0) is 13.3 Å². The van der Waals surface area contributed by atoms with E-state index in [0.29, 0.717) is 29.4 Å². The van der Waals surface area contributed by atoms with Crippen LogP contribution in [0.2, 0.25) is 5.02 Å². The van der Waals surface area contributed by atoms with Crippen molar-refractivity contribution in [1.82, 2.24) is 9.78 Å². The predicted molar refractivity (Wildman–Crippen MR) is 57.0 cm³/mol. The van der Waals surface area contributed by atoms with Crippen LogP contribution in [0.1, 0.15) is 25.2 Å². The van der Waals surface area contributed by atoms with Gasteiger partial charge in [0, 0.05) is 6.54 Å². The number of alkyl halides is 2. The lowest BCUT2D eigenvalue weighted by molar-refractivity contribution is -0.128. The first-order valence-electron chi connectivity index (χ1n) is 5.06. The number of ketones is 1. The van der Waals surface area contributed by atoms with E-state index in [1.54, 1.807) is 0 Å². The maximum absolute atomic E-state index is 12.1. The van der Waals surface area contributed by atoms with E-state index in [2.05, 4.69) is 5.10 Å². The van der Waals surface area contributed by atoms with Gasteiger partial charge in [-0.3, -0.25) is 9.48 Å². The molecule has 0 aliphatic rings. The molecule has 0 aliphatic carbocycles. The van der Waals surface area contributed by atoms with E-state index in [9.17, 15) is 13.6 Å². The van der Waals surface area contributed by atoms with Crippen molar-refractivity contribution < 1.29 is 13.6 Å². The molecule has 1 aromatic rings. The minimum absolute atomic E-state index is 0.332. The van der Waals surface area contributed by atoms with E-state index in [0.717, 1.165) is 0 Å². The quantitative estimate of drug-likeness (QED) is 0.805. The van der Waals surface area contributed by atoms with Crippen LogP contribution in [-0.2, 0) is 24.2 Å². The summed E-state index contributed by atoms with van der Waals surface area (Å²) >= 11 is 5.98. The Hall–Kier alpha value is -0.970. The van der Waals surface area contributed by atoms with Crippen LogP contribution in [0.4, 0.5) is 8.78 Å². The van der Waals surface area contributed by atoms with Crippen molar-refractivity contribution >= 4 is 17.4 Å². The fourth-order valence-electron chi connectivity index (χ4n) is 1.43. The highest BCUT2D eigenvalue weighted by molar-refractivity contribution is 6.32. The Bertz CT molecular complexity index is 390. The summed E-state index contributed by atoms with van der Waals surface area (Å²) in [6.45, 7) is 4.19. The molecule has 0 aromatic carbocycles. The van der Waals surface area contributed by atoms with Crippen LogP contribution in [0.25, 0.3) is 0 Å². The first-order valence-corrected chi connectivity index (χ1v) is 5.43. The van der Waals surface area contributed by atoms with Gasteiger partial charge in [-0.15, -0.1) is 0 Å². The molecular formula is C10H13ClF2N2O. The number of aryl methyl sites for hydroxylation is 2. The highest BCUT2D eigenvalue weighted by atomic mass is 35.5. The number of halogens is 3. The third-order valence-corrected chi connectivity index (χ3v) is 2.72. The Labute approximate surface area is 97.4 Å². The van der Waals surface area contributed by atoms with Gasteiger partial charge in [-0.25, -0.2) is 8.78 Å². The normalized spacial score (nSPS) is 11.1. The van der Waals surface area contributed by atoms with E-state index >= 15 is 0 Å². The lowest BCUT2D eigenvalue weighted by atomic mass is 10.2. The smallest absolute Gasteiger partial charge is 0.293 e. The molecule has 0 amide bonds. The predicted octanol–water partition coefficient (Wildman–Crippen LogP) is 2.50. The third kappa shape index (κ3) is 2.58. The molecule has 0 spiro atoms. The molecule has 0 aliphatic heterocycles. The van der Waals surface area contributed by atoms with Gasteiger partial charge in [-0.1, -0.05) is 18.5 Å². The number of carbonyl (C=O) groups is 1. The van der Waals surface area contributed by atoms with Crippen molar-refractivity contribution in [2.75, 3.05) is 0 Å². The summed E-state index contributed by atoms with van der Waals surface area (Å²) in [6.07, 6.45) is -2.71. The zero-order valence-corrected chi connectivity index (χ0v) is 9.89. The van der Waals surface area contributed by atoms with Gasteiger partial charge in [0.1, 0.15) is 0 Å². The van der Waals surface area contributed by atoms with Crippen LogP contribution in [0.5, 0.6) is 0 Å². The van der Waals surface area contributed by atoms with Gasteiger partial charge in [0.2, 0.25) is 5.78 Å². The Morgan fingerprint density at radius 3 is 2.56 bits per heavy atom. The van der Waals surface area contributed by atoms with Crippen molar-refractivity contribution in [3.63, 3.8) is 0 Å². The van der Waals surface area contributed by atoms with Gasteiger partial charge in [0.25, 0.3) is 6.43 Å². The molecule has 6 heteroatoms. The average Bonchev–Trinajstić information content (AvgIpc) is 2.55. The zero-order valence-electron chi connectivity index (χ0n) is 9.14. The van der Waals surface area contributed by atoms with E-state index in [1.807, 2.05) is 13.8 Å². The van der Waals surface area contributed by atoms with Gasteiger partial charge >= 0.3 is 0 Å². The first kappa shape index (κ1) is 13.1. The van der Waals surface area contributed by atoms with Crippen molar-refractivity contribution in [3.8, 4) is 0 Å². The van der Waals surface area contributed by atoms with Gasteiger partial charge in [0.05, 0.1) is 22.8 Å². The maximum atomic E-state index is 12.1. The number of Topliss-reactive ketones (excluding diaryl/α,β-unsaturated/α-hetero) is 1. The highest BCUT2D eigenvalue weighted by Gasteiger charge is 2.22. The van der Waals surface area contributed by atoms with Crippen molar-refractivity contribution in [2.24, 2.45) is 0 Å². The number of rotatable bonds is 5. The molecule has 90 valence electrons. The topological polar surface area (TPSA) is 34.9 Å². The van der Waals surface area contributed by atoms with E-state index in [4.69, 9.17) is 11.6 Å². The van der Waals surface area contributed by atoms with Crippen LogP contribution in [0.15, 0.2) is 0 Å². The molecule has 1 heterocycles. The largest absolute Gasteiger partial charge is 0.296 e. The van der Waals surface area contributed by atoms with E-state index in [1.165, 1.54) is 4.68 Å². The number of hydrogen-bond donors (Lipinski definition) is 0. The van der Waals surface area contributed by atoms with Crippen LogP contribution in [-0.4, -0.2) is 22.0 Å². The monoisotopic (exact) mass is 250 g/mol. The third-order valence-electron chi connectivity index (χ3n) is 2.28. The summed E-state index contributed by atoms with van der Waals surface area (Å²) in [5.74, 6) is -1.13. The van der Waals surface area contributed by atoms with Crippen molar-refractivity contribution in [2.45, 2.75) is 39.7 Å². The maximum Gasteiger partial charge on any atom is 0.296 e. The lowest BCUT2D eigenvalue weighted by Gasteiger charge is -2.03. The summed E-state index contributed by atoms with van der Waals surface area (Å²) in [7, 11) is 0. The number of nitrogens with zero attached hydrogens (tertiary/aromatic N) is 2. The molecule has 0 unspecified atom stereocenters. The van der Waals surface area contributed by atoms with E-state index in [-0.39, 0.29) is 6.42 Å². The Balaban J connectivity index is 3.02. The molecule has 0 bridgehead atoms. The van der Waals surface area contributed by atoms with Crippen molar-refractivity contribution in [1.29, 1.82) is 0 Å². The average molecular weight is 251 g/mol. The molecule has 0 saturated heterocycles. The number of aromatic nitrogens is 2. The molecule has 16 heavy (non-hydrogen) atoms. The molecule has 1 rings (SSSR count). The standard InChI is InChI=1S/C10H13ClF2N2O/c1-3-6-9(11)7(15(4-2)14-6)5-8(16)10(12)13/h10H,3-5H2,1-2H3. The second kappa shape index (κ2) is 5.39. The van der Waals surface area contributed by atoms with Crippen LogP contribution < -0.4 is 0 Å². The fraction of sp³-hybridized carbons (Fsp3) is 0.600. The van der Waals surface area contributed by atoms with Gasteiger partial charge in [-0.2, -0.15) is 5.10 Å². The number of hydrogen-bond acceptors (Lipinski definition) is 2. The molecule has 0 N–H and O–H groups in total. The highest BCUT2D eigenvalue weighted by Crippen LogP contribution is 2.22. The zero-order chi connectivity index (χ0) is 12.3. The molecular weight excluding hydrogens is 238 g/mol. The number of carbonyl (C=O) groups excluding carboxylic acids is 1. The molecule has 0 atom stereocenters. The van der Waals surface area contributed by atoms with Crippen LogP contribution in [0, 0.1) is 0 Å². The molecule has 3 nitrogen and oxygen atoms in total. The Kier molecular flexibility index (Phi) is 4.41. The van der Waals surface area contributed by atoms with E-state index < -0.39 is 12.2 Å². The lowest BCUT2D eigenvalue weighted by Crippen LogP contribution is -2.16. The van der Waals surface area contributed by atoms with Gasteiger partial charge < -0.3 is 0 Å². The second-order valence-electron chi connectivity index (χ2n) is 3.32. The van der Waals surface area contributed by atoms with Gasteiger partial charge in [0.15, 0.2) is 0 Å². The molecule has 0 fully saturated rings. The SMILES string of the molecule is CCc1nn(CC)c(CC(=O)C(F)F)c1Cl. The first-order chi connectivity index (χ1) is 7.51. The molecule has 0 saturated carbocycles. The summed E-state index contributed by atoms with van der Waals surface area (Å²) in [4.78, 5) is 11.0. The molecule has 1 aromatic heterocycles. The van der Waals surface area contributed by atoms with Crippen LogP contribution in [0.3, 0.4) is 0 Å². The Morgan fingerprint density at radius 2 is 2.12 bits per heavy atom. The second-order valence-corrected chi connectivity index (χ2v) is 3.70. The summed E-state index contributed by atoms with van der Waals surface area (Å²) in [5.41, 5.74) is 1.02. The minimum Gasteiger partial charge on any atom is -0.293 e. The summed E-state index contributed by atoms with van der Waals surface area (Å²) in [5, 5.41) is 4.48. The van der Waals surface area contributed by atoms with Crippen LogP contribution >= 0.6 is 11.6 Å². The Morgan fingerprint density at radius 1 is 1.50 bits per heavy atom. The minimum atomic E-state index is -2.96. The fourth-order valence-corrected chi connectivity index (χ4v) is 1.76. The summed E-state index contributed by atoms with van der Waals surface area (Å²) < 4.78 is 25.8. The van der Waals surface area contributed by atoms with Crippen molar-refractivity contribution in [3.05, 3.63) is 16.4 Å².